The SMILES string of the molecule is CCCNC(=O)CNCCn1ccnn1. The van der Waals surface area contributed by atoms with Crippen LogP contribution >= 0.6 is 0 Å². The minimum atomic E-state index is 0.0374. The van der Waals surface area contributed by atoms with Crippen LogP contribution in [-0.2, 0) is 11.3 Å². The Hall–Kier alpha value is -1.43. The Balaban J connectivity index is 1.99. The van der Waals surface area contributed by atoms with Gasteiger partial charge in [0.05, 0.1) is 19.3 Å². The molecule has 1 aromatic heterocycles. The maximum absolute atomic E-state index is 11.2. The third-order valence-corrected chi connectivity index (χ3v) is 1.85. The molecule has 0 aliphatic rings. The monoisotopic (exact) mass is 211 g/mol. The summed E-state index contributed by atoms with van der Waals surface area (Å²) in [6, 6.07) is 0. The molecule has 0 unspecified atom stereocenters. The number of hydrogen-bond acceptors (Lipinski definition) is 4. The average molecular weight is 211 g/mol. The van der Waals surface area contributed by atoms with Gasteiger partial charge in [-0.05, 0) is 6.42 Å². The Morgan fingerprint density at radius 2 is 2.33 bits per heavy atom. The van der Waals surface area contributed by atoms with Crippen molar-refractivity contribution in [3.63, 3.8) is 0 Å². The Kier molecular flexibility index (Phi) is 5.39. The molecule has 6 heteroatoms. The zero-order valence-electron chi connectivity index (χ0n) is 8.94. The van der Waals surface area contributed by atoms with Crippen LogP contribution in [0.2, 0.25) is 0 Å². The second kappa shape index (κ2) is 6.94. The van der Waals surface area contributed by atoms with Gasteiger partial charge in [-0.25, -0.2) is 0 Å². The van der Waals surface area contributed by atoms with Crippen molar-refractivity contribution in [2.24, 2.45) is 0 Å². The van der Waals surface area contributed by atoms with Crippen molar-refractivity contribution in [2.45, 2.75) is 19.9 Å². The molecule has 1 heterocycles. The molecule has 84 valence electrons. The van der Waals surface area contributed by atoms with Gasteiger partial charge >= 0.3 is 0 Å². The molecular formula is C9H17N5O. The highest BCUT2D eigenvalue weighted by Crippen LogP contribution is 1.78. The van der Waals surface area contributed by atoms with E-state index in [4.69, 9.17) is 0 Å². The summed E-state index contributed by atoms with van der Waals surface area (Å²) in [4.78, 5) is 11.2. The molecular weight excluding hydrogens is 194 g/mol. The minimum absolute atomic E-state index is 0.0374. The number of aromatic nitrogens is 3. The molecule has 0 saturated heterocycles. The zero-order valence-corrected chi connectivity index (χ0v) is 8.94. The summed E-state index contributed by atoms with van der Waals surface area (Å²) in [6.45, 7) is 4.56. The molecule has 0 aromatic carbocycles. The van der Waals surface area contributed by atoms with Crippen LogP contribution in [0.25, 0.3) is 0 Å². The Morgan fingerprint density at radius 1 is 1.47 bits per heavy atom. The highest BCUT2D eigenvalue weighted by Gasteiger charge is 1.98. The molecule has 1 aromatic rings. The van der Waals surface area contributed by atoms with Crippen LogP contribution in [0.15, 0.2) is 12.4 Å². The molecule has 0 spiro atoms. The Morgan fingerprint density at radius 3 is 3.00 bits per heavy atom. The molecule has 0 bridgehead atoms. The predicted octanol–water partition coefficient (Wildman–Crippen LogP) is -0.606. The zero-order chi connectivity index (χ0) is 10.9. The first-order valence-electron chi connectivity index (χ1n) is 5.14. The summed E-state index contributed by atoms with van der Waals surface area (Å²) in [5, 5.41) is 13.3. The van der Waals surface area contributed by atoms with Crippen molar-refractivity contribution in [3.05, 3.63) is 12.4 Å². The van der Waals surface area contributed by atoms with E-state index in [2.05, 4.69) is 20.9 Å². The van der Waals surface area contributed by atoms with Crippen molar-refractivity contribution in [2.75, 3.05) is 19.6 Å². The summed E-state index contributed by atoms with van der Waals surface area (Å²) >= 11 is 0. The lowest BCUT2D eigenvalue weighted by atomic mass is 10.4. The van der Waals surface area contributed by atoms with Gasteiger partial charge < -0.3 is 10.6 Å². The van der Waals surface area contributed by atoms with Gasteiger partial charge in [0.25, 0.3) is 0 Å². The van der Waals surface area contributed by atoms with Gasteiger partial charge in [-0.15, -0.1) is 5.10 Å². The summed E-state index contributed by atoms with van der Waals surface area (Å²) < 4.78 is 1.72. The lowest BCUT2D eigenvalue weighted by molar-refractivity contribution is -0.120. The van der Waals surface area contributed by atoms with Gasteiger partial charge in [0, 0.05) is 19.3 Å². The third-order valence-electron chi connectivity index (χ3n) is 1.85. The molecule has 1 amide bonds. The number of rotatable bonds is 7. The van der Waals surface area contributed by atoms with E-state index in [9.17, 15) is 4.79 Å². The van der Waals surface area contributed by atoms with Crippen LogP contribution in [0.5, 0.6) is 0 Å². The molecule has 0 aliphatic carbocycles. The molecule has 0 fully saturated rings. The molecule has 6 nitrogen and oxygen atoms in total. The summed E-state index contributed by atoms with van der Waals surface area (Å²) in [5.41, 5.74) is 0. The molecule has 0 saturated carbocycles. The van der Waals surface area contributed by atoms with E-state index in [0.29, 0.717) is 13.1 Å². The summed E-state index contributed by atoms with van der Waals surface area (Å²) in [7, 11) is 0. The van der Waals surface area contributed by atoms with Crippen molar-refractivity contribution in [1.29, 1.82) is 0 Å². The predicted molar refractivity (Wildman–Crippen MR) is 56.2 cm³/mol. The van der Waals surface area contributed by atoms with E-state index in [0.717, 1.165) is 19.5 Å². The van der Waals surface area contributed by atoms with Gasteiger partial charge in [-0.2, -0.15) is 0 Å². The third kappa shape index (κ3) is 5.11. The van der Waals surface area contributed by atoms with Gasteiger partial charge in [0.15, 0.2) is 0 Å². The van der Waals surface area contributed by atoms with Crippen molar-refractivity contribution in [1.82, 2.24) is 25.6 Å². The topological polar surface area (TPSA) is 71.8 Å². The van der Waals surface area contributed by atoms with Crippen LogP contribution in [0.3, 0.4) is 0 Å². The highest BCUT2D eigenvalue weighted by molar-refractivity contribution is 5.77. The van der Waals surface area contributed by atoms with Crippen LogP contribution in [0.4, 0.5) is 0 Å². The Labute approximate surface area is 89.0 Å². The second-order valence-electron chi connectivity index (χ2n) is 3.19. The van der Waals surface area contributed by atoms with E-state index in [1.54, 1.807) is 17.1 Å². The summed E-state index contributed by atoms with van der Waals surface area (Å²) in [5.74, 6) is 0.0374. The fourth-order valence-corrected chi connectivity index (χ4v) is 1.07. The molecule has 0 radical (unpaired) electrons. The van der Waals surface area contributed by atoms with Crippen molar-refractivity contribution in [3.8, 4) is 0 Å². The van der Waals surface area contributed by atoms with Crippen LogP contribution in [0, 0.1) is 0 Å². The lowest BCUT2D eigenvalue weighted by Gasteiger charge is -2.05. The fourth-order valence-electron chi connectivity index (χ4n) is 1.07. The maximum Gasteiger partial charge on any atom is 0.233 e. The Bertz CT molecular complexity index is 272. The standard InChI is InChI=1S/C9H17N5O/c1-2-3-11-9(15)8-10-4-6-14-7-5-12-13-14/h5,7,10H,2-4,6,8H2,1H3,(H,11,15). The highest BCUT2D eigenvalue weighted by atomic mass is 16.1. The number of hydrogen-bond donors (Lipinski definition) is 2. The first kappa shape index (κ1) is 11.6. The van der Waals surface area contributed by atoms with Crippen LogP contribution < -0.4 is 10.6 Å². The van der Waals surface area contributed by atoms with E-state index in [-0.39, 0.29) is 5.91 Å². The lowest BCUT2D eigenvalue weighted by Crippen LogP contribution is -2.35. The normalized spacial score (nSPS) is 10.2. The minimum Gasteiger partial charge on any atom is -0.355 e. The first-order chi connectivity index (χ1) is 7.33. The van der Waals surface area contributed by atoms with E-state index >= 15 is 0 Å². The van der Waals surface area contributed by atoms with Crippen LogP contribution in [-0.4, -0.2) is 40.5 Å². The van der Waals surface area contributed by atoms with Gasteiger partial charge in [0.1, 0.15) is 0 Å². The number of nitrogens with zero attached hydrogens (tertiary/aromatic N) is 3. The second-order valence-corrected chi connectivity index (χ2v) is 3.19. The van der Waals surface area contributed by atoms with Gasteiger partial charge in [-0.1, -0.05) is 12.1 Å². The van der Waals surface area contributed by atoms with Crippen molar-refractivity contribution < 1.29 is 4.79 Å². The molecule has 1 rings (SSSR count). The van der Waals surface area contributed by atoms with E-state index in [1.165, 1.54) is 0 Å². The molecule has 0 atom stereocenters. The summed E-state index contributed by atoms with van der Waals surface area (Å²) in [6.07, 6.45) is 4.39. The van der Waals surface area contributed by atoms with E-state index < -0.39 is 0 Å². The average Bonchev–Trinajstić information content (AvgIpc) is 2.74. The fraction of sp³-hybridized carbons (Fsp3) is 0.667. The number of amides is 1. The molecule has 15 heavy (non-hydrogen) atoms. The molecule has 2 N–H and O–H groups in total. The van der Waals surface area contributed by atoms with Crippen molar-refractivity contribution >= 4 is 5.91 Å². The number of carbonyl (C=O) groups excluding carboxylic acids is 1. The smallest absolute Gasteiger partial charge is 0.233 e. The van der Waals surface area contributed by atoms with Gasteiger partial charge in [-0.3, -0.25) is 9.48 Å². The van der Waals surface area contributed by atoms with E-state index in [1.807, 2.05) is 6.92 Å². The van der Waals surface area contributed by atoms with Crippen LogP contribution in [0.1, 0.15) is 13.3 Å². The molecule has 0 aliphatic heterocycles. The quantitative estimate of drug-likeness (QED) is 0.590. The van der Waals surface area contributed by atoms with Gasteiger partial charge in [0.2, 0.25) is 5.91 Å². The maximum atomic E-state index is 11.2. The number of nitrogens with one attached hydrogen (secondary N) is 2. The number of carbonyl (C=O) groups is 1. The largest absolute Gasteiger partial charge is 0.355 e. The first-order valence-corrected chi connectivity index (χ1v) is 5.14.